The second-order valence-electron chi connectivity index (χ2n) is 4.19. The molecule has 0 radical (unpaired) electrons. The molecule has 1 amide bonds. The van der Waals surface area contributed by atoms with Gasteiger partial charge in [-0.1, -0.05) is 0 Å². The van der Waals surface area contributed by atoms with Gasteiger partial charge in [0.15, 0.2) is 0 Å². The first-order chi connectivity index (χ1) is 8.53. The van der Waals surface area contributed by atoms with Gasteiger partial charge in [0, 0.05) is 25.7 Å². The molecular weight excluding hydrogens is 228 g/mol. The van der Waals surface area contributed by atoms with Gasteiger partial charge in [-0.2, -0.15) is 0 Å². The summed E-state index contributed by atoms with van der Waals surface area (Å²) in [5.74, 6) is 0.777. The zero-order valence-electron chi connectivity index (χ0n) is 11.8. The molecule has 0 bridgehead atoms. The van der Waals surface area contributed by atoms with Crippen LogP contribution in [0.5, 0.6) is 5.75 Å². The van der Waals surface area contributed by atoms with Gasteiger partial charge < -0.3 is 15.0 Å². The number of anilines is 2. The minimum atomic E-state index is -0.0613. The first-order valence-corrected chi connectivity index (χ1v) is 6.24. The normalized spacial score (nSPS) is 10.1. The molecule has 0 aromatic heterocycles. The van der Waals surface area contributed by atoms with Crippen LogP contribution in [-0.2, 0) is 4.79 Å². The van der Waals surface area contributed by atoms with Crippen molar-refractivity contribution in [2.75, 3.05) is 30.4 Å². The molecule has 0 saturated carbocycles. The summed E-state index contributed by atoms with van der Waals surface area (Å²) < 4.78 is 5.42. The molecule has 4 heteroatoms. The molecule has 1 aromatic carbocycles. The number of rotatable bonds is 5. The summed E-state index contributed by atoms with van der Waals surface area (Å²) in [4.78, 5) is 13.4. The molecule has 0 atom stereocenters. The van der Waals surface area contributed by atoms with Crippen LogP contribution in [0.3, 0.4) is 0 Å². The predicted octanol–water partition coefficient (Wildman–Crippen LogP) is 2.81. The lowest BCUT2D eigenvalue weighted by atomic mass is 10.1. The van der Waals surface area contributed by atoms with E-state index in [4.69, 9.17) is 4.74 Å². The molecule has 4 nitrogen and oxygen atoms in total. The molecule has 1 rings (SSSR count). The van der Waals surface area contributed by atoms with Gasteiger partial charge in [0.1, 0.15) is 5.75 Å². The fourth-order valence-corrected chi connectivity index (χ4v) is 1.97. The number of amides is 1. The fraction of sp³-hybridized carbons (Fsp3) is 0.500. The smallest absolute Gasteiger partial charge is 0.221 e. The topological polar surface area (TPSA) is 41.6 Å². The number of methoxy groups -OCH3 is 1. The van der Waals surface area contributed by atoms with E-state index in [0.29, 0.717) is 0 Å². The van der Waals surface area contributed by atoms with Crippen molar-refractivity contribution in [1.82, 2.24) is 0 Å². The molecule has 0 aliphatic heterocycles. The van der Waals surface area contributed by atoms with E-state index in [1.807, 2.05) is 19.1 Å². The lowest BCUT2D eigenvalue weighted by molar-refractivity contribution is -0.114. The van der Waals surface area contributed by atoms with E-state index < -0.39 is 0 Å². The van der Waals surface area contributed by atoms with Crippen LogP contribution in [0.1, 0.15) is 26.3 Å². The Morgan fingerprint density at radius 3 is 2.39 bits per heavy atom. The molecule has 0 aliphatic carbocycles. The van der Waals surface area contributed by atoms with Gasteiger partial charge in [-0.15, -0.1) is 0 Å². The molecule has 1 N–H and O–H groups in total. The van der Waals surface area contributed by atoms with Gasteiger partial charge in [0.25, 0.3) is 0 Å². The third-order valence-corrected chi connectivity index (χ3v) is 2.94. The van der Waals surface area contributed by atoms with Crippen LogP contribution in [0.25, 0.3) is 0 Å². The average Bonchev–Trinajstić information content (AvgIpc) is 2.33. The lowest BCUT2D eigenvalue weighted by Gasteiger charge is -2.25. The molecule has 0 saturated heterocycles. The van der Waals surface area contributed by atoms with E-state index in [2.05, 4.69) is 24.1 Å². The maximum absolute atomic E-state index is 11.2. The van der Waals surface area contributed by atoms with Crippen LogP contribution in [0.4, 0.5) is 11.4 Å². The van der Waals surface area contributed by atoms with Gasteiger partial charge in [-0.05, 0) is 38.5 Å². The first kappa shape index (κ1) is 14.4. The lowest BCUT2D eigenvalue weighted by Crippen LogP contribution is -2.23. The number of hydrogen-bond acceptors (Lipinski definition) is 3. The summed E-state index contributed by atoms with van der Waals surface area (Å²) in [5.41, 5.74) is 2.85. The molecule has 0 unspecified atom stereocenters. The highest BCUT2D eigenvalue weighted by Crippen LogP contribution is 2.33. The summed E-state index contributed by atoms with van der Waals surface area (Å²) in [5, 5.41) is 2.85. The van der Waals surface area contributed by atoms with Crippen LogP contribution in [-0.4, -0.2) is 26.1 Å². The Balaban J connectivity index is 3.24. The Hall–Kier alpha value is -1.71. The Kier molecular flexibility index (Phi) is 5.01. The summed E-state index contributed by atoms with van der Waals surface area (Å²) in [6, 6.07) is 3.93. The highest BCUT2D eigenvalue weighted by atomic mass is 16.5. The second kappa shape index (κ2) is 6.28. The number of nitrogens with zero attached hydrogens (tertiary/aromatic N) is 1. The molecule has 0 aliphatic rings. The monoisotopic (exact) mass is 250 g/mol. The largest absolute Gasteiger partial charge is 0.495 e. The van der Waals surface area contributed by atoms with E-state index in [1.54, 1.807) is 7.11 Å². The van der Waals surface area contributed by atoms with Crippen LogP contribution in [0.2, 0.25) is 0 Å². The number of carbonyl (C=O) groups excluding carboxylic acids is 1. The molecule has 1 aromatic rings. The Bertz CT molecular complexity index is 426. The van der Waals surface area contributed by atoms with Crippen molar-refractivity contribution in [1.29, 1.82) is 0 Å². The highest BCUT2D eigenvalue weighted by Gasteiger charge is 2.13. The zero-order chi connectivity index (χ0) is 13.7. The Morgan fingerprint density at radius 2 is 1.94 bits per heavy atom. The maximum Gasteiger partial charge on any atom is 0.221 e. The minimum absolute atomic E-state index is 0.0613. The third-order valence-electron chi connectivity index (χ3n) is 2.94. The molecule has 0 heterocycles. The van der Waals surface area contributed by atoms with Gasteiger partial charge in [0.05, 0.1) is 12.8 Å². The maximum atomic E-state index is 11.2. The number of nitrogens with one attached hydrogen (secondary N) is 1. The standard InChI is InChI=1S/C14H22N2O2/c1-6-16(7-2)13-9-12(15-11(4)17)10(3)8-14(13)18-5/h8-9H,6-7H2,1-5H3,(H,15,17). The Morgan fingerprint density at radius 1 is 1.33 bits per heavy atom. The van der Waals surface area contributed by atoms with Crippen LogP contribution in [0.15, 0.2) is 12.1 Å². The van der Waals surface area contributed by atoms with Crippen LogP contribution >= 0.6 is 0 Å². The third kappa shape index (κ3) is 3.15. The number of ether oxygens (including phenoxy) is 1. The number of aryl methyl sites for hydroxylation is 1. The van der Waals surface area contributed by atoms with Crippen molar-refractivity contribution < 1.29 is 9.53 Å². The quantitative estimate of drug-likeness (QED) is 0.873. The fourth-order valence-electron chi connectivity index (χ4n) is 1.97. The van der Waals surface area contributed by atoms with Crippen LogP contribution < -0.4 is 15.0 Å². The van der Waals surface area contributed by atoms with Gasteiger partial charge in [-0.3, -0.25) is 4.79 Å². The van der Waals surface area contributed by atoms with Crippen molar-refractivity contribution in [2.24, 2.45) is 0 Å². The van der Waals surface area contributed by atoms with E-state index >= 15 is 0 Å². The molecule has 100 valence electrons. The molecule has 0 spiro atoms. The molecule has 18 heavy (non-hydrogen) atoms. The van der Waals surface area contributed by atoms with Crippen LogP contribution in [0, 0.1) is 6.92 Å². The molecule has 0 fully saturated rings. The molecular formula is C14H22N2O2. The first-order valence-electron chi connectivity index (χ1n) is 6.24. The number of carbonyl (C=O) groups is 1. The average molecular weight is 250 g/mol. The summed E-state index contributed by atoms with van der Waals surface area (Å²) in [7, 11) is 1.67. The predicted molar refractivity (Wildman–Crippen MR) is 75.6 cm³/mol. The minimum Gasteiger partial charge on any atom is -0.495 e. The second-order valence-corrected chi connectivity index (χ2v) is 4.19. The van der Waals surface area contributed by atoms with Crippen molar-refractivity contribution in [2.45, 2.75) is 27.7 Å². The van der Waals surface area contributed by atoms with Gasteiger partial charge in [-0.25, -0.2) is 0 Å². The van der Waals surface area contributed by atoms with Gasteiger partial charge >= 0.3 is 0 Å². The number of hydrogen-bond donors (Lipinski definition) is 1. The van der Waals surface area contributed by atoms with Crippen molar-refractivity contribution in [3.05, 3.63) is 17.7 Å². The Labute approximate surface area is 109 Å². The van der Waals surface area contributed by atoms with E-state index in [0.717, 1.165) is 35.8 Å². The van der Waals surface area contributed by atoms with E-state index in [1.165, 1.54) is 6.92 Å². The zero-order valence-corrected chi connectivity index (χ0v) is 11.8. The van der Waals surface area contributed by atoms with Gasteiger partial charge in [0.2, 0.25) is 5.91 Å². The summed E-state index contributed by atoms with van der Waals surface area (Å²) in [6.45, 7) is 9.47. The van der Waals surface area contributed by atoms with Crippen molar-refractivity contribution in [3.8, 4) is 5.75 Å². The summed E-state index contributed by atoms with van der Waals surface area (Å²) >= 11 is 0. The highest BCUT2D eigenvalue weighted by molar-refractivity contribution is 5.90. The van der Waals surface area contributed by atoms with Crippen molar-refractivity contribution in [3.63, 3.8) is 0 Å². The SMILES string of the molecule is CCN(CC)c1cc(NC(C)=O)c(C)cc1OC. The van der Waals surface area contributed by atoms with E-state index in [9.17, 15) is 4.79 Å². The number of benzene rings is 1. The van der Waals surface area contributed by atoms with E-state index in [-0.39, 0.29) is 5.91 Å². The van der Waals surface area contributed by atoms with Crippen molar-refractivity contribution >= 4 is 17.3 Å². The summed E-state index contributed by atoms with van der Waals surface area (Å²) in [6.07, 6.45) is 0.